The average Bonchev–Trinajstić information content (AvgIpc) is 2.59. The molecule has 110 valence electrons. The van der Waals surface area contributed by atoms with Crippen molar-refractivity contribution >= 4 is 0 Å². The van der Waals surface area contributed by atoms with Gasteiger partial charge < -0.3 is 5.11 Å². The second-order valence-electron chi connectivity index (χ2n) is 5.05. The molecule has 0 atom stereocenters. The summed E-state index contributed by atoms with van der Waals surface area (Å²) in [6.45, 7) is -0.171. The number of pyridine rings is 2. The Kier molecular flexibility index (Phi) is 3.94. The van der Waals surface area contributed by atoms with Crippen molar-refractivity contribution in [1.29, 1.82) is 0 Å². The minimum atomic E-state index is -0.823. The molecule has 0 fully saturated rings. The van der Waals surface area contributed by atoms with Crippen LogP contribution >= 0.6 is 0 Å². The van der Waals surface area contributed by atoms with Gasteiger partial charge in [0.2, 0.25) is 0 Å². The van der Waals surface area contributed by atoms with E-state index < -0.39 is 5.41 Å². The number of aliphatic hydroxyl groups is 1. The number of aromatic nitrogens is 2. The van der Waals surface area contributed by atoms with Crippen molar-refractivity contribution in [3.05, 3.63) is 95.8 Å². The molecule has 0 saturated carbocycles. The Morgan fingerprint density at radius 1 is 0.818 bits per heavy atom. The van der Waals surface area contributed by atoms with Crippen LogP contribution in [0.4, 0.5) is 4.39 Å². The molecule has 0 aliphatic rings. The predicted molar refractivity (Wildman–Crippen MR) is 81.8 cm³/mol. The lowest BCUT2D eigenvalue weighted by molar-refractivity contribution is 0.242. The number of hydrogen-bond donors (Lipinski definition) is 1. The van der Waals surface area contributed by atoms with Crippen molar-refractivity contribution in [1.82, 2.24) is 9.97 Å². The number of aliphatic hydroxyl groups excluding tert-OH is 1. The van der Waals surface area contributed by atoms with Gasteiger partial charge in [-0.3, -0.25) is 9.97 Å². The molecule has 22 heavy (non-hydrogen) atoms. The number of hydrogen-bond acceptors (Lipinski definition) is 3. The molecule has 3 rings (SSSR count). The van der Waals surface area contributed by atoms with Crippen LogP contribution in [0.5, 0.6) is 0 Å². The number of halogens is 1. The molecule has 3 nitrogen and oxygen atoms in total. The second-order valence-corrected chi connectivity index (χ2v) is 5.05. The molecule has 3 aromatic rings. The van der Waals surface area contributed by atoms with Crippen LogP contribution in [0.25, 0.3) is 0 Å². The summed E-state index contributed by atoms with van der Waals surface area (Å²) < 4.78 is 13.3. The highest BCUT2D eigenvalue weighted by Gasteiger charge is 2.36. The fourth-order valence-electron chi connectivity index (χ4n) is 2.74. The van der Waals surface area contributed by atoms with E-state index in [4.69, 9.17) is 0 Å². The van der Waals surface area contributed by atoms with Crippen molar-refractivity contribution in [3.8, 4) is 0 Å². The molecule has 0 aliphatic carbocycles. The van der Waals surface area contributed by atoms with Gasteiger partial charge in [0.15, 0.2) is 0 Å². The normalized spacial score (nSPS) is 11.4. The maximum absolute atomic E-state index is 13.3. The van der Waals surface area contributed by atoms with Gasteiger partial charge in [-0.2, -0.15) is 0 Å². The summed E-state index contributed by atoms with van der Waals surface area (Å²) in [7, 11) is 0. The van der Waals surface area contributed by atoms with Crippen LogP contribution in [0.3, 0.4) is 0 Å². The van der Waals surface area contributed by atoms with Crippen molar-refractivity contribution in [2.24, 2.45) is 0 Å². The van der Waals surface area contributed by atoms with Crippen LogP contribution in [0, 0.1) is 5.82 Å². The molecule has 0 bridgehead atoms. The summed E-state index contributed by atoms with van der Waals surface area (Å²) in [6, 6.07) is 13.6. The minimum absolute atomic E-state index is 0.171. The zero-order chi connectivity index (χ0) is 15.4. The van der Waals surface area contributed by atoms with Gasteiger partial charge in [0.25, 0.3) is 0 Å². The molecule has 1 aromatic carbocycles. The maximum atomic E-state index is 13.3. The third-order valence-electron chi connectivity index (χ3n) is 3.88. The van der Waals surface area contributed by atoms with Crippen LogP contribution < -0.4 is 0 Å². The minimum Gasteiger partial charge on any atom is -0.395 e. The zero-order valence-electron chi connectivity index (χ0n) is 11.9. The molecular formula is C18H15FN2O. The number of benzene rings is 1. The molecule has 2 heterocycles. The summed E-state index contributed by atoms with van der Waals surface area (Å²) in [6.07, 6.45) is 6.79. The van der Waals surface area contributed by atoms with Crippen molar-refractivity contribution < 1.29 is 9.50 Å². The lowest BCUT2D eigenvalue weighted by Gasteiger charge is -2.33. The highest BCUT2D eigenvalue weighted by atomic mass is 19.1. The maximum Gasteiger partial charge on any atom is 0.123 e. The third-order valence-corrected chi connectivity index (χ3v) is 3.88. The van der Waals surface area contributed by atoms with Gasteiger partial charge in [0.05, 0.1) is 12.0 Å². The number of nitrogens with zero attached hydrogens (tertiary/aromatic N) is 2. The fourth-order valence-corrected chi connectivity index (χ4v) is 2.74. The monoisotopic (exact) mass is 294 g/mol. The molecule has 4 heteroatoms. The van der Waals surface area contributed by atoms with Gasteiger partial charge in [-0.25, -0.2) is 4.39 Å². The van der Waals surface area contributed by atoms with E-state index in [2.05, 4.69) is 9.97 Å². The van der Waals surface area contributed by atoms with Crippen molar-refractivity contribution in [2.45, 2.75) is 5.41 Å². The lowest BCUT2D eigenvalue weighted by Crippen LogP contribution is -2.33. The molecule has 0 aliphatic heterocycles. The van der Waals surface area contributed by atoms with Crippen LogP contribution in [-0.2, 0) is 5.41 Å². The Hall–Kier alpha value is -2.59. The summed E-state index contributed by atoms with van der Waals surface area (Å²) in [5.41, 5.74) is 1.63. The fraction of sp³-hybridized carbons (Fsp3) is 0.111. The number of rotatable bonds is 4. The van der Waals surface area contributed by atoms with Crippen molar-refractivity contribution in [3.63, 3.8) is 0 Å². The van der Waals surface area contributed by atoms with E-state index in [0.29, 0.717) is 0 Å². The predicted octanol–water partition coefficient (Wildman–Crippen LogP) is 2.94. The highest BCUT2D eigenvalue weighted by Crippen LogP contribution is 2.38. The molecule has 1 N–H and O–H groups in total. The van der Waals surface area contributed by atoms with Crippen molar-refractivity contribution in [2.75, 3.05) is 6.61 Å². The van der Waals surface area contributed by atoms with Gasteiger partial charge in [0.1, 0.15) is 5.82 Å². The Labute approximate surface area is 128 Å². The molecule has 0 unspecified atom stereocenters. The Bertz CT molecular complexity index is 691. The Morgan fingerprint density at radius 3 is 1.77 bits per heavy atom. The average molecular weight is 294 g/mol. The molecule has 0 saturated heterocycles. The summed E-state index contributed by atoms with van der Waals surface area (Å²) in [4.78, 5) is 8.32. The topological polar surface area (TPSA) is 46.0 Å². The lowest BCUT2D eigenvalue weighted by atomic mass is 9.71. The first kappa shape index (κ1) is 14.4. The SMILES string of the molecule is OCC(c1ccc(F)cc1)(c1cccnc1)c1cccnc1. The standard InChI is InChI=1S/C18H15FN2O/c19-17-7-5-14(6-8-17)18(13-22,15-3-1-9-20-11-15)16-4-2-10-21-12-16/h1-12,22H,13H2. The summed E-state index contributed by atoms with van der Waals surface area (Å²) >= 11 is 0. The molecule has 2 aromatic heterocycles. The first-order chi connectivity index (χ1) is 10.8. The van der Waals surface area contributed by atoms with E-state index in [1.54, 1.807) is 36.9 Å². The zero-order valence-corrected chi connectivity index (χ0v) is 11.9. The van der Waals surface area contributed by atoms with Crippen LogP contribution in [0.2, 0.25) is 0 Å². The highest BCUT2D eigenvalue weighted by molar-refractivity contribution is 5.49. The van der Waals surface area contributed by atoms with E-state index in [0.717, 1.165) is 16.7 Å². The Morgan fingerprint density at radius 2 is 1.36 bits per heavy atom. The molecule has 0 radical (unpaired) electrons. The smallest absolute Gasteiger partial charge is 0.123 e. The van der Waals surface area contributed by atoms with E-state index >= 15 is 0 Å². The first-order valence-corrected chi connectivity index (χ1v) is 6.95. The largest absolute Gasteiger partial charge is 0.395 e. The van der Waals surface area contributed by atoms with Crippen LogP contribution in [-0.4, -0.2) is 21.7 Å². The summed E-state index contributed by atoms with van der Waals surface area (Å²) in [5, 5.41) is 10.3. The molecular weight excluding hydrogens is 279 g/mol. The van der Waals surface area contributed by atoms with Gasteiger partial charge in [-0.15, -0.1) is 0 Å². The van der Waals surface area contributed by atoms with Gasteiger partial charge in [-0.1, -0.05) is 24.3 Å². The van der Waals surface area contributed by atoms with Gasteiger partial charge in [-0.05, 0) is 41.0 Å². The van der Waals surface area contributed by atoms with Gasteiger partial charge >= 0.3 is 0 Å². The van der Waals surface area contributed by atoms with Gasteiger partial charge in [0, 0.05) is 24.8 Å². The molecule has 0 spiro atoms. The summed E-state index contributed by atoms with van der Waals surface area (Å²) in [5.74, 6) is -0.312. The first-order valence-electron chi connectivity index (χ1n) is 6.95. The second kappa shape index (κ2) is 6.03. The molecule has 0 amide bonds. The van der Waals surface area contributed by atoms with Crippen LogP contribution in [0.1, 0.15) is 16.7 Å². The van der Waals surface area contributed by atoms with E-state index in [-0.39, 0.29) is 12.4 Å². The van der Waals surface area contributed by atoms with E-state index in [1.165, 1.54) is 12.1 Å². The Balaban J connectivity index is 2.28. The van der Waals surface area contributed by atoms with E-state index in [1.807, 2.05) is 24.3 Å². The third kappa shape index (κ3) is 2.38. The van der Waals surface area contributed by atoms with E-state index in [9.17, 15) is 9.50 Å². The quantitative estimate of drug-likeness (QED) is 0.804. The van der Waals surface area contributed by atoms with Crippen LogP contribution in [0.15, 0.2) is 73.3 Å².